The Morgan fingerprint density at radius 1 is 1.41 bits per heavy atom. The topological polar surface area (TPSA) is 86.3 Å². The summed E-state index contributed by atoms with van der Waals surface area (Å²) in [6.45, 7) is 8.27. The van der Waals surface area contributed by atoms with Crippen LogP contribution in [0.25, 0.3) is 10.2 Å². The van der Waals surface area contributed by atoms with E-state index >= 15 is 0 Å². The van der Waals surface area contributed by atoms with Crippen LogP contribution in [-0.4, -0.2) is 39.0 Å². The number of carbonyl (C=O) groups is 1. The number of hydrogen-bond donors (Lipinski definition) is 2. The minimum Gasteiger partial charge on any atom is -0.477 e. The molecule has 7 heteroatoms. The van der Waals surface area contributed by atoms with Gasteiger partial charge >= 0.3 is 5.97 Å². The number of aromatic nitrogens is 2. The number of fused-ring (bicyclic) bond motifs is 1. The SMILES string of the molecule is CCCCN(CC)Cc1nc2sc(C(=O)O)c(C)c2c(=O)[nH]1. The number of carboxylic acid groups (broad SMARTS) is 1. The Labute approximate surface area is 132 Å². The molecule has 0 fully saturated rings. The lowest BCUT2D eigenvalue weighted by Gasteiger charge is -2.19. The van der Waals surface area contributed by atoms with E-state index in [-0.39, 0.29) is 10.4 Å². The highest BCUT2D eigenvalue weighted by atomic mass is 32.1. The lowest BCUT2D eigenvalue weighted by Crippen LogP contribution is -2.26. The van der Waals surface area contributed by atoms with Gasteiger partial charge in [-0.25, -0.2) is 9.78 Å². The molecule has 0 spiro atoms. The average Bonchev–Trinajstić information content (AvgIpc) is 2.81. The van der Waals surface area contributed by atoms with Crippen molar-refractivity contribution < 1.29 is 9.90 Å². The van der Waals surface area contributed by atoms with Crippen LogP contribution in [0.3, 0.4) is 0 Å². The molecule has 0 radical (unpaired) electrons. The van der Waals surface area contributed by atoms with Crippen LogP contribution in [0.4, 0.5) is 0 Å². The maximum absolute atomic E-state index is 12.2. The van der Waals surface area contributed by atoms with Crippen LogP contribution in [-0.2, 0) is 6.54 Å². The van der Waals surface area contributed by atoms with Crippen LogP contribution in [0, 0.1) is 6.92 Å². The summed E-state index contributed by atoms with van der Waals surface area (Å²) in [5, 5.41) is 9.56. The van der Waals surface area contributed by atoms with E-state index in [4.69, 9.17) is 5.11 Å². The molecule has 2 heterocycles. The number of unbranched alkanes of at least 4 members (excludes halogenated alkanes) is 1. The van der Waals surface area contributed by atoms with Gasteiger partial charge in [0, 0.05) is 0 Å². The van der Waals surface area contributed by atoms with Crippen molar-refractivity contribution in [3.8, 4) is 0 Å². The van der Waals surface area contributed by atoms with Crippen molar-refractivity contribution in [3.63, 3.8) is 0 Å². The second-order valence-electron chi connectivity index (χ2n) is 5.28. The molecule has 0 unspecified atom stereocenters. The highest BCUT2D eigenvalue weighted by Crippen LogP contribution is 2.26. The van der Waals surface area contributed by atoms with Crippen LogP contribution in [0.15, 0.2) is 4.79 Å². The zero-order chi connectivity index (χ0) is 16.3. The fourth-order valence-electron chi connectivity index (χ4n) is 2.41. The zero-order valence-electron chi connectivity index (χ0n) is 13.1. The molecule has 0 aliphatic rings. The number of thiophene rings is 1. The zero-order valence-corrected chi connectivity index (χ0v) is 13.9. The summed E-state index contributed by atoms with van der Waals surface area (Å²) in [4.78, 5) is 33.6. The molecule has 0 atom stereocenters. The minimum atomic E-state index is -1.01. The molecule has 120 valence electrons. The third-order valence-electron chi connectivity index (χ3n) is 3.69. The normalized spacial score (nSPS) is 11.5. The first-order valence-corrected chi connectivity index (χ1v) is 8.27. The lowest BCUT2D eigenvalue weighted by molar-refractivity contribution is 0.0701. The average molecular weight is 323 g/mol. The smallest absolute Gasteiger partial charge is 0.346 e. The van der Waals surface area contributed by atoms with Gasteiger partial charge < -0.3 is 10.1 Å². The van der Waals surface area contributed by atoms with Crippen LogP contribution in [0.2, 0.25) is 0 Å². The minimum absolute atomic E-state index is 0.184. The quantitative estimate of drug-likeness (QED) is 0.818. The molecule has 0 saturated carbocycles. The summed E-state index contributed by atoms with van der Waals surface area (Å²) in [7, 11) is 0. The predicted molar refractivity (Wildman–Crippen MR) is 87.8 cm³/mol. The van der Waals surface area contributed by atoms with Gasteiger partial charge in [-0.05, 0) is 32.0 Å². The van der Waals surface area contributed by atoms with Crippen molar-refractivity contribution in [2.45, 2.75) is 40.2 Å². The highest BCUT2D eigenvalue weighted by molar-refractivity contribution is 7.20. The number of H-pyrrole nitrogens is 1. The predicted octanol–water partition coefficient (Wildman–Crippen LogP) is 2.61. The number of nitrogens with zero attached hydrogens (tertiary/aromatic N) is 2. The molecular formula is C15H21N3O3S. The van der Waals surface area contributed by atoms with E-state index in [0.29, 0.717) is 28.1 Å². The van der Waals surface area contributed by atoms with Gasteiger partial charge in [0.15, 0.2) is 0 Å². The Morgan fingerprint density at radius 2 is 2.14 bits per heavy atom. The Morgan fingerprint density at radius 3 is 2.73 bits per heavy atom. The van der Waals surface area contributed by atoms with E-state index in [1.165, 1.54) is 0 Å². The van der Waals surface area contributed by atoms with Crippen LogP contribution in [0.1, 0.15) is 47.7 Å². The summed E-state index contributed by atoms with van der Waals surface area (Å²) < 4.78 is 0. The third kappa shape index (κ3) is 3.36. The first-order chi connectivity index (χ1) is 10.5. The van der Waals surface area contributed by atoms with Gasteiger partial charge in [0.05, 0.1) is 11.9 Å². The molecule has 2 rings (SSSR count). The van der Waals surface area contributed by atoms with Crippen molar-refractivity contribution >= 4 is 27.5 Å². The number of carboxylic acids is 1. The number of aryl methyl sites for hydroxylation is 1. The molecule has 2 N–H and O–H groups in total. The van der Waals surface area contributed by atoms with Crippen molar-refractivity contribution in [2.24, 2.45) is 0 Å². The van der Waals surface area contributed by atoms with Crippen molar-refractivity contribution in [1.29, 1.82) is 0 Å². The fourth-order valence-corrected chi connectivity index (χ4v) is 3.45. The van der Waals surface area contributed by atoms with Crippen molar-refractivity contribution in [1.82, 2.24) is 14.9 Å². The van der Waals surface area contributed by atoms with Gasteiger partial charge in [-0.2, -0.15) is 0 Å². The van der Waals surface area contributed by atoms with Crippen LogP contribution >= 0.6 is 11.3 Å². The van der Waals surface area contributed by atoms with Gasteiger partial charge in [0.2, 0.25) is 0 Å². The summed E-state index contributed by atoms with van der Waals surface area (Å²) in [6, 6.07) is 0. The van der Waals surface area contributed by atoms with Gasteiger partial charge in [0.25, 0.3) is 5.56 Å². The molecular weight excluding hydrogens is 302 g/mol. The maximum atomic E-state index is 12.2. The summed E-state index contributed by atoms with van der Waals surface area (Å²) in [5.41, 5.74) is 0.235. The highest BCUT2D eigenvalue weighted by Gasteiger charge is 2.18. The molecule has 0 aliphatic carbocycles. The van der Waals surface area contributed by atoms with Gasteiger partial charge in [-0.15, -0.1) is 11.3 Å². The molecule has 2 aromatic heterocycles. The molecule has 22 heavy (non-hydrogen) atoms. The molecule has 0 saturated heterocycles. The molecule has 0 aliphatic heterocycles. The summed E-state index contributed by atoms with van der Waals surface area (Å²) >= 11 is 1.06. The summed E-state index contributed by atoms with van der Waals surface area (Å²) in [5.74, 6) is -0.423. The molecule has 0 aromatic carbocycles. The molecule has 6 nitrogen and oxygen atoms in total. The van der Waals surface area contributed by atoms with Gasteiger partial charge in [0.1, 0.15) is 15.5 Å². The monoisotopic (exact) mass is 323 g/mol. The van der Waals surface area contributed by atoms with E-state index < -0.39 is 5.97 Å². The largest absolute Gasteiger partial charge is 0.477 e. The van der Waals surface area contributed by atoms with E-state index in [1.807, 2.05) is 0 Å². The van der Waals surface area contributed by atoms with Crippen LogP contribution in [0.5, 0.6) is 0 Å². The standard InChI is InChI=1S/C15H21N3O3S/c1-4-6-7-18(5-2)8-10-16-13(19)11-9(3)12(15(20)21)22-14(11)17-10/h4-8H2,1-3H3,(H,20,21)(H,16,17,19). The maximum Gasteiger partial charge on any atom is 0.346 e. The van der Waals surface area contributed by atoms with Gasteiger partial charge in [-0.1, -0.05) is 20.3 Å². The van der Waals surface area contributed by atoms with Gasteiger partial charge in [-0.3, -0.25) is 9.69 Å². The summed E-state index contributed by atoms with van der Waals surface area (Å²) in [6.07, 6.45) is 2.22. The number of rotatable bonds is 7. The first-order valence-electron chi connectivity index (χ1n) is 7.45. The Hall–Kier alpha value is -1.73. The Bertz CT molecular complexity index is 735. The molecule has 0 bridgehead atoms. The van der Waals surface area contributed by atoms with E-state index in [9.17, 15) is 9.59 Å². The third-order valence-corrected chi connectivity index (χ3v) is 4.87. The second kappa shape index (κ2) is 7.02. The van der Waals surface area contributed by atoms with Crippen molar-refractivity contribution in [3.05, 3.63) is 26.6 Å². The number of hydrogen-bond acceptors (Lipinski definition) is 5. The lowest BCUT2D eigenvalue weighted by atomic mass is 10.2. The number of aromatic amines is 1. The Kier molecular flexibility index (Phi) is 5.31. The second-order valence-corrected chi connectivity index (χ2v) is 6.28. The molecule has 0 amide bonds. The number of nitrogens with one attached hydrogen (secondary N) is 1. The van der Waals surface area contributed by atoms with Crippen molar-refractivity contribution in [2.75, 3.05) is 13.1 Å². The van der Waals surface area contributed by atoms with E-state index in [2.05, 4.69) is 28.7 Å². The fraction of sp³-hybridized carbons (Fsp3) is 0.533. The number of aromatic carboxylic acids is 1. The van der Waals surface area contributed by atoms with E-state index in [0.717, 1.165) is 37.3 Å². The first kappa shape index (κ1) is 16.6. The van der Waals surface area contributed by atoms with Crippen LogP contribution < -0.4 is 5.56 Å². The Balaban J connectivity index is 2.37. The molecule has 2 aromatic rings. The van der Waals surface area contributed by atoms with E-state index in [1.54, 1.807) is 6.92 Å².